The van der Waals surface area contributed by atoms with Crippen LogP contribution in [0, 0.1) is 11.3 Å². The summed E-state index contributed by atoms with van der Waals surface area (Å²) in [5.41, 5.74) is 1.10. The van der Waals surface area contributed by atoms with Crippen molar-refractivity contribution in [2.45, 2.75) is 39.0 Å². The van der Waals surface area contributed by atoms with Gasteiger partial charge in [-0.2, -0.15) is 0 Å². The van der Waals surface area contributed by atoms with E-state index in [4.69, 9.17) is 9.47 Å². The quantitative estimate of drug-likeness (QED) is 0.792. The normalized spacial score (nSPS) is 28.1. The summed E-state index contributed by atoms with van der Waals surface area (Å²) >= 11 is 0. The van der Waals surface area contributed by atoms with E-state index in [1.165, 1.54) is 12.7 Å². The average molecular weight is 276 g/mol. The minimum Gasteiger partial charge on any atom is -0.497 e. The molecule has 0 spiro atoms. The maximum Gasteiger partial charge on any atom is 0.309 e. The van der Waals surface area contributed by atoms with E-state index in [9.17, 15) is 4.79 Å². The van der Waals surface area contributed by atoms with Crippen LogP contribution in [-0.4, -0.2) is 20.2 Å². The third-order valence-electron chi connectivity index (χ3n) is 5.44. The Hall–Kier alpha value is -1.51. The Morgan fingerprint density at radius 3 is 2.25 bits per heavy atom. The van der Waals surface area contributed by atoms with Gasteiger partial charge in [0, 0.05) is 0 Å². The summed E-state index contributed by atoms with van der Waals surface area (Å²) in [4.78, 5) is 12.0. The molecule has 3 nitrogen and oxygen atoms in total. The molecule has 0 amide bonds. The van der Waals surface area contributed by atoms with E-state index in [1.54, 1.807) is 7.11 Å². The molecule has 1 fully saturated rings. The molecular formula is C17H24O3. The zero-order chi connectivity index (χ0) is 15.0. The summed E-state index contributed by atoms with van der Waals surface area (Å²) in [7, 11) is 3.14. The van der Waals surface area contributed by atoms with Crippen LogP contribution in [-0.2, 0) is 14.9 Å². The maximum absolute atomic E-state index is 12.0. The third-order valence-corrected chi connectivity index (χ3v) is 5.44. The van der Waals surface area contributed by atoms with E-state index in [-0.39, 0.29) is 22.7 Å². The number of carbonyl (C=O) groups is 1. The Morgan fingerprint density at radius 2 is 1.75 bits per heavy atom. The Balaban J connectivity index is 2.36. The highest BCUT2D eigenvalue weighted by molar-refractivity contribution is 5.74. The summed E-state index contributed by atoms with van der Waals surface area (Å²) in [5, 5.41) is 0. The molecule has 1 aliphatic rings. The third kappa shape index (κ3) is 2.09. The highest BCUT2D eigenvalue weighted by Crippen LogP contribution is 2.57. The van der Waals surface area contributed by atoms with Crippen molar-refractivity contribution in [3.05, 3.63) is 29.8 Å². The van der Waals surface area contributed by atoms with Crippen LogP contribution in [0.25, 0.3) is 0 Å². The molecule has 1 unspecified atom stereocenters. The van der Waals surface area contributed by atoms with Gasteiger partial charge in [-0.05, 0) is 41.4 Å². The topological polar surface area (TPSA) is 35.5 Å². The van der Waals surface area contributed by atoms with Crippen molar-refractivity contribution in [2.75, 3.05) is 14.2 Å². The van der Waals surface area contributed by atoms with Gasteiger partial charge in [-0.3, -0.25) is 4.79 Å². The number of methoxy groups -OCH3 is 2. The van der Waals surface area contributed by atoms with Gasteiger partial charge in [-0.1, -0.05) is 32.9 Å². The lowest BCUT2D eigenvalue weighted by atomic mass is 9.62. The van der Waals surface area contributed by atoms with Crippen LogP contribution < -0.4 is 4.74 Å². The minimum absolute atomic E-state index is 0.0296. The molecule has 2 atom stereocenters. The maximum atomic E-state index is 12.0. The number of benzene rings is 1. The summed E-state index contributed by atoms with van der Waals surface area (Å²) in [5.74, 6) is 0.726. The minimum atomic E-state index is -0.130. The molecule has 0 aromatic heterocycles. The second-order valence-electron chi connectivity index (χ2n) is 6.40. The molecule has 0 radical (unpaired) electrons. The van der Waals surface area contributed by atoms with Crippen molar-refractivity contribution in [3.8, 4) is 5.75 Å². The van der Waals surface area contributed by atoms with Gasteiger partial charge in [0.15, 0.2) is 0 Å². The number of ether oxygens (including phenoxy) is 2. The van der Waals surface area contributed by atoms with Crippen molar-refractivity contribution in [2.24, 2.45) is 11.3 Å². The number of esters is 1. The Bertz CT molecular complexity index is 489. The first kappa shape index (κ1) is 14.9. The highest BCUT2D eigenvalue weighted by atomic mass is 16.5. The number of carbonyl (C=O) groups excluding carboxylic acids is 1. The second-order valence-corrected chi connectivity index (χ2v) is 6.40. The standard InChI is InChI=1S/C17H24O3/c1-16(2)14(15(18)20-5)10-11-17(16,3)12-6-8-13(19-4)9-7-12/h6-9,14H,10-11H2,1-5H3/t14?,17-/m0/s1. The van der Waals surface area contributed by atoms with E-state index in [2.05, 4.69) is 32.9 Å². The molecule has 20 heavy (non-hydrogen) atoms. The molecular weight excluding hydrogens is 252 g/mol. The Kier molecular flexibility index (Phi) is 3.81. The summed E-state index contributed by atoms with van der Waals surface area (Å²) in [6.07, 6.45) is 1.87. The second kappa shape index (κ2) is 5.12. The molecule has 0 heterocycles. The van der Waals surface area contributed by atoms with Crippen LogP contribution in [0.3, 0.4) is 0 Å². The van der Waals surface area contributed by atoms with E-state index in [0.717, 1.165) is 18.6 Å². The van der Waals surface area contributed by atoms with Crippen LogP contribution in [0.5, 0.6) is 5.75 Å². The number of rotatable bonds is 3. The molecule has 0 N–H and O–H groups in total. The first-order chi connectivity index (χ1) is 9.36. The SMILES string of the molecule is COC(=O)C1CC[C@@](C)(c2ccc(OC)cc2)C1(C)C. The van der Waals surface area contributed by atoms with Crippen LogP contribution in [0.4, 0.5) is 0 Å². The van der Waals surface area contributed by atoms with Crippen LogP contribution in [0.2, 0.25) is 0 Å². The average Bonchev–Trinajstić information content (AvgIpc) is 2.70. The van der Waals surface area contributed by atoms with Gasteiger partial charge in [-0.15, -0.1) is 0 Å². The van der Waals surface area contributed by atoms with E-state index < -0.39 is 0 Å². The van der Waals surface area contributed by atoms with Crippen LogP contribution >= 0.6 is 0 Å². The number of hydrogen-bond donors (Lipinski definition) is 0. The smallest absolute Gasteiger partial charge is 0.309 e. The summed E-state index contributed by atoms with van der Waals surface area (Å²) in [6.45, 7) is 6.59. The molecule has 2 rings (SSSR count). The first-order valence-corrected chi connectivity index (χ1v) is 7.09. The molecule has 0 bridgehead atoms. The van der Waals surface area contributed by atoms with Crippen molar-refractivity contribution in [1.29, 1.82) is 0 Å². The van der Waals surface area contributed by atoms with Gasteiger partial charge in [0.25, 0.3) is 0 Å². The molecule has 110 valence electrons. The van der Waals surface area contributed by atoms with Gasteiger partial charge >= 0.3 is 5.97 Å². The summed E-state index contributed by atoms with van der Waals surface area (Å²) in [6, 6.07) is 8.20. The van der Waals surface area contributed by atoms with Crippen molar-refractivity contribution >= 4 is 5.97 Å². The lowest BCUT2D eigenvalue weighted by Crippen LogP contribution is -2.40. The fraction of sp³-hybridized carbons (Fsp3) is 0.588. The predicted molar refractivity (Wildman–Crippen MR) is 78.9 cm³/mol. The van der Waals surface area contributed by atoms with Crippen LogP contribution in [0.15, 0.2) is 24.3 Å². The molecule has 0 aliphatic heterocycles. The molecule has 1 saturated carbocycles. The molecule has 3 heteroatoms. The van der Waals surface area contributed by atoms with Gasteiger partial charge in [0.05, 0.1) is 20.1 Å². The van der Waals surface area contributed by atoms with Crippen molar-refractivity contribution in [3.63, 3.8) is 0 Å². The van der Waals surface area contributed by atoms with Gasteiger partial charge in [0.2, 0.25) is 0 Å². The summed E-state index contributed by atoms with van der Waals surface area (Å²) < 4.78 is 10.2. The van der Waals surface area contributed by atoms with E-state index >= 15 is 0 Å². The fourth-order valence-electron chi connectivity index (χ4n) is 3.53. The van der Waals surface area contributed by atoms with Crippen LogP contribution in [0.1, 0.15) is 39.2 Å². The number of hydrogen-bond acceptors (Lipinski definition) is 3. The highest BCUT2D eigenvalue weighted by Gasteiger charge is 2.55. The van der Waals surface area contributed by atoms with Gasteiger partial charge in [-0.25, -0.2) is 0 Å². The molecule has 1 aromatic carbocycles. The lowest BCUT2D eigenvalue weighted by Gasteiger charge is -2.41. The monoisotopic (exact) mass is 276 g/mol. The van der Waals surface area contributed by atoms with Gasteiger partial charge < -0.3 is 9.47 Å². The van der Waals surface area contributed by atoms with Gasteiger partial charge in [0.1, 0.15) is 5.75 Å². The Morgan fingerprint density at radius 1 is 1.15 bits per heavy atom. The largest absolute Gasteiger partial charge is 0.497 e. The first-order valence-electron chi connectivity index (χ1n) is 7.09. The predicted octanol–water partition coefficient (Wildman–Crippen LogP) is 3.56. The van der Waals surface area contributed by atoms with E-state index in [1.807, 2.05) is 12.1 Å². The fourth-order valence-corrected chi connectivity index (χ4v) is 3.53. The molecule has 1 aromatic rings. The van der Waals surface area contributed by atoms with Crippen molar-refractivity contribution in [1.82, 2.24) is 0 Å². The zero-order valence-corrected chi connectivity index (χ0v) is 13.0. The van der Waals surface area contributed by atoms with Crippen molar-refractivity contribution < 1.29 is 14.3 Å². The Labute approximate surface area is 121 Å². The molecule has 1 aliphatic carbocycles. The van der Waals surface area contributed by atoms with E-state index in [0.29, 0.717) is 0 Å². The zero-order valence-electron chi connectivity index (χ0n) is 13.0. The molecule has 0 saturated heterocycles. The lowest BCUT2D eigenvalue weighted by molar-refractivity contribution is -0.149.